The molecule has 1 N–H and O–H groups in total. The maximum absolute atomic E-state index is 4.49. The van der Waals surface area contributed by atoms with E-state index in [0.717, 1.165) is 18.5 Å². The van der Waals surface area contributed by atoms with E-state index in [1.165, 1.54) is 15.8 Å². The van der Waals surface area contributed by atoms with Crippen LogP contribution in [0.15, 0.2) is 35.9 Å². The standard InChI is InChI=1S/C14H18N2S/c1-4-15-13(7-10(2)3)11-8-14-12(16-9-11)5-6-17-14/h5-6,8-9,13,15H,2,4,7H2,1,3H3. The van der Waals surface area contributed by atoms with Crippen LogP contribution in [-0.4, -0.2) is 11.5 Å². The SMILES string of the molecule is C=C(C)CC(NCC)c1cnc2ccsc2c1. The zero-order valence-electron chi connectivity index (χ0n) is 10.4. The van der Waals surface area contributed by atoms with Crippen molar-refractivity contribution in [3.05, 3.63) is 41.4 Å². The Bertz CT molecular complexity index is 516. The van der Waals surface area contributed by atoms with Gasteiger partial charge >= 0.3 is 0 Å². The summed E-state index contributed by atoms with van der Waals surface area (Å²) in [6.45, 7) is 9.15. The largest absolute Gasteiger partial charge is 0.310 e. The van der Waals surface area contributed by atoms with Gasteiger partial charge in [0.15, 0.2) is 0 Å². The fourth-order valence-corrected chi connectivity index (χ4v) is 2.74. The summed E-state index contributed by atoms with van der Waals surface area (Å²) in [5, 5.41) is 5.58. The molecule has 0 saturated heterocycles. The summed E-state index contributed by atoms with van der Waals surface area (Å²) in [5.74, 6) is 0. The summed E-state index contributed by atoms with van der Waals surface area (Å²) < 4.78 is 1.26. The van der Waals surface area contributed by atoms with Gasteiger partial charge in [-0.25, -0.2) is 0 Å². The Morgan fingerprint density at radius 1 is 1.59 bits per heavy atom. The molecule has 0 aliphatic carbocycles. The van der Waals surface area contributed by atoms with E-state index in [1.54, 1.807) is 11.3 Å². The van der Waals surface area contributed by atoms with Crippen LogP contribution in [0.1, 0.15) is 31.9 Å². The van der Waals surface area contributed by atoms with Gasteiger partial charge in [0.25, 0.3) is 0 Å². The fraction of sp³-hybridized carbons (Fsp3) is 0.357. The van der Waals surface area contributed by atoms with E-state index in [4.69, 9.17) is 0 Å². The maximum Gasteiger partial charge on any atom is 0.0809 e. The molecule has 2 heterocycles. The zero-order chi connectivity index (χ0) is 12.3. The lowest BCUT2D eigenvalue weighted by Crippen LogP contribution is -2.21. The summed E-state index contributed by atoms with van der Waals surface area (Å²) in [6.07, 6.45) is 2.94. The molecule has 1 atom stereocenters. The van der Waals surface area contributed by atoms with Crippen molar-refractivity contribution in [1.29, 1.82) is 0 Å². The monoisotopic (exact) mass is 246 g/mol. The van der Waals surface area contributed by atoms with Crippen LogP contribution in [0.4, 0.5) is 0 Å². The molecule has 2 aromatic rings. The second kappa shape index (κ2) is 5.43. The lowest BCUT2D eigenvalue weighted by molar-refractivity contribution is 0.547. The highest BCUT2D eigenvalue weighted by Crippen LogP contribution is 2.25. The molecule has 2 rings (SSSR count). The Morgan fingerprint density at radius 3 is 3.12 bits per heavy atom. The van der Waals surface area contributed by atoms with Crippen LogP contribution < -0.4 is 5.32 Å². The Balaban J connectivity index is 2.29. The van der Waals surface area contributed by atoms with Crippen LogP contribution in [0, 0.1) is 0 Å². The van der Waals surface area contributed by atoms with E-state index >= 15 is 0 Å². The maximum atomic E-state index is 4.49. The molecule has 0 amide bonds. The summed E-state index contributed by atoms with van der Waals surface area (Å²) in [7, 11) is 0. The van der Waals surface area contributed by atoms with E-state index < -0.39 is 0 Å². The Labute approximate surface area is 106 Å². The van der Waals surface area contributed by atoms with Crippen molar-refractivity contribution in [1.82, 2.24) is 10.3 Å². The second-order valence-corrected chi connectivity index (χ2v) is 5.29. The molecule has 17 heavy (non-hydrogen) atoms. The third kappa shape index (κ3) is 2.93. The average Bonchev–Trinajstić information content (AvgIpc) is 2.74. The van der Waals surface area contributed by atoms with Gasteiger partial charge in [0.1, 0.15) is 0 Å². The molecule has 1 unspecified atom stereocenters. The first-order chi connectivity index (χ1) is 8.20. The first-order valence-electron chi connectivity index (χ1n) is 5.91. The molecule has 0 radical (unpaired) electrons. The average molecular weight is 246 g/mol. The quantitative estimate of drug-likeness (QED) is 0.809. The van der Waals surface area contributed by atoms with Crippen LogP contribution in [0.2, 0.25) is 0 Å². The van der Waals surface area contributed by atoms with Crippen molar-refractivity contribution in [2.75, 3.05) is 6.54 Å². The van der Waals surface area contributed by atoms with E-state index in [9.17, 15) is 0 Å². The van der Waals surface area contributed by atoms with Gasteiger partial charge in [0.2, 0.25) is 0 Å². The Morgan fingerprint density at radius 2 is 2.41 bits per heavy atom. The minimum Gasteiger partial charge on any atom is -0.310 e. The number of hydrogen-bond donors (Lipinski definition) is 1. The minimum atomic E-state index is 0.330. The van der Waals surface area contributed by atoms with Crippen molar-refractivity contribution in [2.24, 2.45) is 0 Å². The number of fused-ring (bicyclic) bond motifs is 1. The van der Waals surface area contributed by atoms with Crippen LogP contribution >= 0.6 is 11.3 Å². The molecule has 0 saturated carbocycles. The first-order valence-corrected chi connectivity index (χ1v) is 6.79. The summed E-state index contributed by atoms with van der Waals surface area (Å²) in [5.41, 5.74) is 3.54. The summed E-state index contributed by atoms with van der Waals surface area (Å²) >= 11 is 1.74. The van der Waals surface area contributed by atoms with Crippen molar-refractivity contribution in [3.8, 4) is 0 Å². The Hall–Kier alpha value is -1.19. The van der Waals surface area contributed by atoms with Gasteiger partial charge in [-0.15, -0.1) is 17.9 Å². The number of nitrogens with zero attached hydrogens (tertiary/aromatic N) is 1. The van der Waals surface area contributed by atoms with Gasteiger partial charge in [0.05, 0.1) is 10.2 Å². The highest BCUT2D eigenvalue weighted by molar-refractivity contribution is 7.17. The molecule has 90 valence electrons. The molecule has 0 bridgehead atoms. The molecule has 3 heteroatoms. The van der Waals surface area contributed by atoms with Gasteiger partial charge in [-0.3, -0.25) is 4.98 Å². The number of thiophene rings is 1. The molecule has 2 aromatic heterocycles. The molecular weight excluding hydrogens is 228 g/mol. The van der Waals surface area contributed by atoms with E-state index in [0.29, 0.717) is 6.04 Å². The van der Waals surface area contributed by atoms with Crippen molar-refractivity contribution in [3.63, 3.8) is 0 Å². The van der Waals surface area contributed by atoms with Crippen molar-refractivity contribution in [2.45, 2.75) is 26.3 Å². The second-order valence-electron chi connectivity index (χ2n) is 4.34. The number of nitrogens with one attached hydrogen (secondary N) is 1. The molecule has 0 aliphatic rings. The Kier molecular flexibility index (Phi) is 3.92. The summed E-state index contributed by atoms with van der Waals surface area (Å²) in [6, 6.07) is 4.63. The first kappa shape index (κ1) is 12.3. The topological polar surface area (TPSA) is 24.9 Å². The van der Waals surface area contributed by atoms with Crippen molar-refractivity contribution < 1.29 is 0 Å². The molecule has 0 spiro atoms. The predicted molar refractivity (Wildman–Crippen MR) is 75.5 cm³/mol. The van der Waals surface area contributed by atoms with Gasteiger partial charge in [-0.1, -0.05) is 12.5 Å². The number of hydrogen-bond acceptors (Lipinski definition) is 3. The van der Waals surface area contributed by atoms with Crippen LogP contribution in [0.3, 0.4) is 0 Å². The molecule has 0 aliphatic heterocycles. The lowest BCUT2D eigenvalue weighted by Gasteiger charge is -2.18. The van der Waals surface area contributed by atoms with Gasteiger partial charge in [-0.05, 0) is 43.0 Å². The van der Waals surface area contributed by atoms with Crippen LogP contribution in [0.25, 0.3) is 10.2 Å². The van der Waals surface area contributed by atoms with Gasteiger partial charge in [0, 0.05) is 12.2 Å². The highest BCUT2D eigenvalue weighted by atomic mass is 32.1. The highest BCUT2D eigenvalue weighted by Gasteiger charge is 2.11. The third-order valence-electron chi connectivity index (χ3n) is 2.73. The number of pyridine rings is 1. The summed E-state index contributed by atoms with van der Waals surface area (Å²) in [4.78, 5) is 4.49. The minimum absolute atomic E-state index is 0.330. The lowest BCUT2D eigenvalue weighted by atomic mass is 10.0. The third-order valence-corrected chi connectivity index (χ3v) is 3.58. The molecule has 2 nitrogen and oxygen atoms in total. The normalized spacial score (nSPS) is 12.8. The zero-order valence-corrected chi connectivity index (χ0v) is 11.2. The number of rotatable bonds is 5. The smallest absolute Gasteiger partial charge is 0.0809 e. The fourth-order valence-electron chi connectivity index (χ4n) is 1.95. The number of aromatic nitrogens is 1. The van der Waals surface area contributed by atoms with Gasteiger partial charge in [-0.2, -0.15) is 0 Å². The van der Waals surface area contributed by atoms with Crippen LogP contribution in [0.5, 0.6) is 0 Å². The van der Waals surface area contributed by atoms with Crippen molar-refractivity contribution >= 4 is 21.6 Å². The van der Waals surface area contributed by atoms with E-state index in [2.05, 4.69) is 48.2 Å². The van der Waals surface area contributed by atoms with Crippen LogP contribution in [-0.2, 0) is 0 Å². The van der Waals surface area contributed by atoms with E-state index in [-0.39, 0.29) is 0 Å². The van der Waals surface area contributed by atoms with E-state index in [1.807, 2.05) is 6.20 Å². The molecular formula is C14H18N2S. The van der Waals surface area contributed by atoms with Gasteiger partial charge < -0.3 is 5.32 Å². The molecule has 0 aromatic carbocycles. The predicted octanol–water partition coefficient (Wildman–Crippen LogP) is 3.91. The molecule has 0 fully saturated rings.